The highest BCUT2D eigenvalue weighted by atomic mass is 19.4. The van der Waals surface area contributed by atoms with E-state index in [2.05, 4.69) is 12.2 Å². The number of rotatable bonds is 6. The van der Waals surface area contributed by atoms with Crippen LogP contribution in [0.3, 0.4) is 0 Å². The third kappa shape index (κ3) is 5.57. The standard InChI is InChI=1S/C13H25F3N2/c1-10-4-5-11(8-10)18-12(2,9-17)6-3-7-13(14,15)16/h10-11,18H,3-9,17H2,1-2H3. The molecule has 108 valence electrons. The second-order valence-corrected chi connectivity index (χ2v) is 5.99. The lowest BCUT2D eigenvalue weighted by Crippen LogP contribution is -2.52. The van der Waals surface area contributed by atoms with Crippen LogP contribution in [-0.4, -0.2) is 24.3 Å². The lowest BCUT2D eigenvalue weighted by molar-refractivity contribution is -0.136. The Morgan fingerprint density at radius 2 is 1.89 bits per heavy atom. The average molecular weight is 266 g/mol. The van der Waals surface area contributed by atoms with Crippen molar-refractivity contribution in [3.63, 3.8) is 0 Å². The summed E-state index contributed by atoms with van der Waals surface area (Å²) in [7, 11) is 0. The van der Waals surface area contributed by atoms with Crippen LogP contribution in [0.4, 0.5) is 13.2 Å². The van der Waals surface area contributed by atoms with Crippen molar-refractivity contribution in [3.05, 3.63) is 0 Å². The van der Waals surface area contributed by atoms with Gasteiger partial charge in [0.2, 0.25) is 0 Å². The number of nitrogens with one attached hydrogen (secondary N) is 1. The number of alkyl halides is 3. The Bertz CT molecular complexity index is 255. The molecule has 3 N–H and O–H groups in total. The monoisotopic (exact) mass is 266 g/mol. The third-order valence-electron chi connectivity index (χ3n) is 3.89. The molecular weight excluding hydrogens is 241 g/mol. The van der Waals surface area contributed by atoms with Gasteiger partial charge in [0.15, 0.2) is 0 Å². The van der Waals surface area contributed by atoms with Crippen LogP contribution >= 0.6 is 0 Å². The minimum absolute atomic E-state index is 0.145. The molecule has 1 rings (SSSR count). The fourth-order valence-electron chi connectivity index (χ4n) is 2.74. The van der Waals surface area contributed by atoms with Crippen molar-refractivity contribution < 1.29 is 13.2 Å². The van der Waals surface area contributed by atoms with E-state index in [1.807, 2.05) is 6.92 Å². The smallest absolute Gasteiger partial charge is 0.329 e. The van der Waals surface area contributed by atoms with Crippen molar-refractivity contribution in [1.29, 1.82) is 0 Å². The third-order valence-corrected chi connectivity index (χ3v) is 3.89. The predicted molar refractivity (Wildman–Crippen MR) is 67.3 cm³/mol. The van der Waals surface area contributed by atoms with Gasteiger partial charge < -0.3 is 11.1 Å². The van der Waals surface area contributed by atoms with E-state index in [1.165, 1.54) is 6.42 Å². The van der Waals surface area contributed by atoms with Gasteiger partial charge in [-0.25, -0.2) is 0 Å². The number of hydrogen-bond acceptors (Lipinski definition) is 2. The largest absolute Gasteiger partial charge is 0.389 e. The molecule has 0 aromatic carbocycles. The van der Waals surface area contributed by atoms with E-state index in [9.17, 15) is 13.2 Å². The Morgan fingerprint density at radius 1 is 1.22 bits per heavy atom. The maximum atomic E-state index is 12.1. The summed E-state index contributed by atoms with van der Waals surface area (Å²) in [5.74, 6) is 0.708. The SMILES string of the molecule is CC1CCC(NC(C)(CN)CCCC(F)(F)F)C1. The fraction of sp³-hybridized carbons (Fsp3) is 1.00. The maximum Gasteiger partial charge on any atom is 0.389 e. The molecule has 5 heteroatoms. The van der Waals surface area contributed by atoms with Crippen LogP contribution in [0.1, 0.15) is 52.4 Å². The van der Waals surface area contributed by atoms with E-state index in [1.54, 1.807) is 0 Å². The summed E-state index contributed by atoms with van der Waals surface area (Å²) in [5.41, 5.74) is 5.36. The molecule has 0 spiro atoms. The normalized spacial score (nSPS) is 28.3. The van der Waals surface area contributed by atoms with Gasteiger partial charge >= 0.3 is 6.18 Å². The summed E-state index contributed by atoms with van der Waals surface area (Å²) in [6.45, 7) is 4.53. The van der Waals surface area contributed by atoms with Crippen molar-refractivity contribution in [2.75, 3.05) is 6.54 Å². The molecule has 0 heterocycles. The van der Waals surface area contributed by atoms with Crippen LogP contribution < -0.4 is 11.1 Å². The zero-order valence-electron chi connectivity index (χ0n) is 11.3. The number of halogens is 3. The highest BCUT2D eigenvalue weighted by Gasteiger charge is 2.32. The van der Waals surface area contributed by atoms with Gasteiger partial charge in [0.05, 0.1) is 0 Å². The first-order valence-electron chi connectivity index (χ1n) is 6.78. The van der Waals surface area contributed by atoms with Crippen molar-refractivity contribution in [1.82, 2.24) is 5.32 Å². The second-order valence-electron chi connectivity index (χ2n) is 5.99. The van der Waals surface area contributed by atoms with Gasteiger partial charge in [-0.15, -0.1) is 0 Å². The van der Waals surface area contributed by atoms with Gasteiger partial charge in [-0.3, -0.25) is 0 Å². The zero-order valence-corrected chi connectivity index (χ0v) is 11.3. The molecule has 18 heavy (non-hydrogen) atoms. The topological polar surface area (TPSA) is 38.0 Å². The molecule has 0 radical (unpaired) electrons. The Balaban J connectivity index is 2.37. The highest BCUT2D eigenvalue weighted by Crippen LogP contribution is 2.28. The molecule has 0 amide bonds. The average Bonchev–Trinajstić information content (AvgIpc) is 2.62. The van der Waals surface area contributed by atoms with Crippen LogP contribution in [0.25, 0.3) is 0 Å². The van der Waals surface area contributed by atoms with E-state index in [0.717, 1.165) is 12.8 Å². The molecular formula is C13H25F3N2. The summed E-state index contributed by atoms with van der Waals surface area (Å²) >= 11 is 0. The number of nitrogens with two attached hydrogens (primary N) is 1. The van der Waals surface area contributed by atoms with Crippen molar-refractivity contribution in [2.24, 2.45) is 11.7 Å². The van der Waals surface area contributed by atoms with Gasteiger partial charge in [0.25, 0.3) is 0 Å². The minimum atomic E-state index is -4.06. The van der Waals surface area contributed by atoms with Gasteiger partial charge in [-0.2, -0.15) is 13.2 Å². The lowest BCUT2D eigenvalue weighted by atomic mass is 9.93. The van der Waals surface area contributed by atoms with Crippen LogP contribution in [0.2, 0.25) is 0 Å². The molecule has 3 unspecified atom stereocenters. The van der Waals surface area contributed by atoms with Crippen molar-refractivity contribution in [3.8, 4) is 0 Å². The first-order chi connectivity index (χ1) is 8.24. The van der Waals surface area contributed by atoms with E-state index in [0.29, 0.717) is 24.9 Å². The molecule has 1 fully saturated rings. The van der Waals surface area contributed by atoms with Crippen LogP contribution in [0.5, 0.6) is 0 Å². The van der Waals surface area contributed by atoms with Crippen molar-refractivity contribution >= 4 is 0 Å². The van der Waals surface area contributed by atoms with E-state index >= 15 is 0 Å². The van der Waals surface area contributed by atoms with E-state index in [4.69, 9.17) is 5.73 Å². The first kappa shape index (κ1) is 15.8. The van der Waals surface area contributed by atoms with Crippen molar-refractivity contribution in [2.45, 2.75) is 70.1 Å². The molecule has 0 bridgehead atoms. The first-order valence-corrected chi connectivity index (χ1v) is 6.78. The molecule has 1 aliphatic rings. The molecule has 3 atom stereocenters. The molecule has 0 aromatic rings. The predicted octanol–water partition coefficient (Wildman–Crippen LogP) is 3.21. The quantitative estimate of drug-likeness (QED) is 0.774. The Labute approximate surface area is 107 Å². The lowest BCUT2D eigenvalue weighted by Gasteiger charge is -2.33. The molecule has 1 aliphatic carbocycles. The van der Waals surface area contributed by atoms with Gasteiger partial charge in [-0.1, -0.05) is 6.92 Å². The van der Waals surface area contributed by atoms with Gasteiger partial charge in [0, 0.05) is 24.5 Å². The van der Waals surface area contributed by atoms with Crippen LogP contribution in [-0.2, 0) is 0 Å². The summed E-state index contributed by atoms with van der Waals surface area (Å²) in [4.78, 5) is 0. The fourth-order valence-corrected chi connectivity index (χ4v) is 2.74. The Morgan fingerprint density at radius 3 is 2.33 bits per heavy atom. The summed E-state index contributed by atoms with van der Waals surface area (Å²) in [6, 6.07) is 0.416. The summed E-state index contributed by atoms with van der Waals surface area (Å²) in [6.07, 6.45) is -0.741. The minimum Gasteiger partial charge on any atom is -0.329 e. The zero-order chi connectivity index (χ0) is 13.8. The van der Waals surface area contributed by atoms with Crippen LogP contribution in [0, 0.1) is 5.92 Å². The molecule has 0 aromatic heterocycles. The highest BCUT2D eigenvalue weighted by molar-refractivity contribution is 4.90. The summed E-state index contributed by atoms with van der Waals surface area (Å²) in [5, 5.41) is 3.47. The van der Waals surface area contributed by atoms with E-state index < -0.39 is 12.6 Å². The maximum absolute atomic E-state index is 12.1. The van der Waals surface area contributed by atoms with Gasteiger partial charge in [0.1, 0.15) is 0 Å². The van der Waals surface area contributed by atoms with Crippen LogP contribution in [0.15, 0.2) is 0 Å². The number of hydrogen-bond donors (Lipinski definition) is 2. The second kappa shape index (κ2) is 6.24. The Hall–Kier alpha value is -0.290. The summed E-state index contributed by atoms with van der Waals surface area (Å²) < 4.78 is 36.4. The molecule has 1 saturated carbocycles. The molecule has 2 nitrogen and oxygen atoms in total. The van der Waals surface area contributed by atoms with Gasteiger partial charge in [-0.05, 0) is 44.9 Å². The molecule has 0 aliphatic heterocycles. The molecule has 0 saturated heterocycles. The van der Waals surface area contributed by atoms with E-state index in [-0.39, 0.29) is 12.0 Å². The Kier molecular flexibility index (Phi) is 5.46.